The van der Waals surface area contributed by atoms with Crippen molar-refractivity contribution in [3.8, 4) is 11.6 Å². The van der Waals surface area contributed by atoms with Crippen molar-refractivity contribution in [1.29, 1.82) is 0 Å². The standard InChI is InChI=1S/C25H20N6O2/c1-26-19-7-5-16-11-22(19)33-23-8-6-17-3-2-4-21(24(17)29-23)31-10-9-20(25(31)32)28-13-18-12-27-15-30(18)14-16/h2-8,11-12,15,20,28H,9-10,13-14H2/t20-/m0/s1. The molecule has 162 valence electrons. The van der Waals surface area contributed by atoms with E-state index in [1.54, 1.807) is 23.4 Å². The zero-order valence-corrected chi connectivity index (χ0v) is 17.7. The highest BCUT2D eigenvalue weighted by atomic mass is 16.5. The van der Waals surface area contributed by atoms with Crippen LogP contribution in [-0.2, 0) is 17.9 Å². The number of aromatic nitrogens is 3. The lowest BCUT2D eigenvalue weighted by atomic mass is 10.1. The van der Waals surface area contributed by atoms with Crippen LogP contribution in [0.15, 0.2) is 61.1 Å². The Morgan fingerprint density at radius 3 is 3.03 bits per heavy atom. The maximum absolute atomic E-state index is 13.2. The summed E-state index contributed by atoms with van der Waals surface area (Å²) in [5, 5.41) is 4.34. The molecule has 2 aromatic carbocycles. The number of pyridine rings is 1. The lowest BCUT2D eigenvalue weighted by Crippen LogP contribution is -2.38. The largest absolute Gasteiger partial charge is 0.450 e. The number of fused-ring (bicyclic) bond motifs is 7. The zero-order valence-electron chi connectivity index (χ0n) is 17.7. The summed E-state index contributed by atoms with van der Waals surface area (Å²) >= 11 is 0. The first kappa shape index (κ1) is 19.5. The van der Waals surface area contributed by atoms with Crippen LogP contribution >= 0.6 is 0 Å². The van der Waals surface area contributed by atoms with E-state index in [2.05, 4.69) is 15.1 Å². The lowest BCUT2D eigenvalue weighted by molar-refractivity contribution is -0.118. The summed E-state index contributed by atoms with van der Waals surface area (Å²) in [5.41, 5.74) is 3.85. The molecule has 1 fully saturated rings. The molecule has 1 amide bonds. The fraction of sp³-hybridized carbons (Fsp3) is 0.200. The maximum atomic E-state index is 13.2. The topological polar surface area (TPSA) is 76.6 Å². The number of nitrogens with zero attached hydrogens (tertiary/aromatic N) is 5. The molecule has 0 spiro atoms. The van der Waals surface area contributed by atoms with Gasteiger partial charge in [-0.2, -0.15) is 0 Å². The van der Waals surface area contributed by atoms with E-state index in [1.165, 1.54) is 0 Å². The Kier molecular flexibility index (Phi) is 4.56. The Hall–Kier alpha value is -4.22. The summed E-state index contributed by atoms with van der Waals surface area (Å²) in [5.74, 6) is 0.874. The van der Waals surface area contributed by atoms with Gasteiger partial charge in [-0.3, -0.25) is 4.79 Å². The molecule has 8 heteroatoms. The smallest absolute Gasteiger partial charge is 0.244 e. The third kappa shape index (κ3) is 3.39. The van der Waals surface area contributed by atoms with Gasteiger partial charge in [0.1, 0.15) is 5.75 Å². The third-order valence-corrected chi connectivity index (χ3v) is 6.21. The number of hydrogen-bond donors (Lipinski definition) is 1. The number of carbonyl (C=O) groups excluding carboxylic acids is 1. The molecule has 1 saturated heterocycles. The van der Waals surface area contributed by atoms with Crippen molar-refractivity contribution in [2.75, 3.05) is 11.4 Å². The Bertz CT molecular complexity index is 1440. The molecule has 0 unspecified atom stereocenters. The molecule has 4 heterocycles. The number of imidazole rings is 1. The number of nitrogens with one attached hydrogen (secondary N) is 1. The minimum atomic E-state index is -0.263. The molecule has 6 rings (SSSR count). The second-order valence-corrected chi connectivity index (χ2v) is 8.24. The van der Waals surface area contributed by atoms with Crippen molar-refractivity contribution in [3.05, 3.63) is 83.7 Å². The normalized spacial score (nSPS) is 17.6. The first-order valence-electron chi connectivity index (χ1n) is 10.8. The second-order valence-electron chi connectivity index (χ2n) is 8.24. The van der Waals surface area contributed by atoms with E-state index in [0.29, 0.717) is 48.9 Å². The first-order chi connectivity index (χ1) is 16.2. The number of rotatable bonds is 0. The highest BCUT2D eigenvalue weighted by Gasteiger charge is 2.33. The van der Waals surface area contributed by atoms with Crippen LogP contribution in [0.4, 0.5) is 11.4 Å². The summed E-state index contributed by atoms with van der Waals surface area (Å²) in [6.07, 6.45) is 4.31. The fourth-order valence-electron chi connectivity index (χ4n) is 4.50. The predicted octanol–water partition coefficient (Wildman–Crippen LogP) is 4.03. The van der Waals surface area contributed by atoms with Gasteiger partial charge >= 0.3 is 0 Å². The number of anilines is 1. The molecular weight excluding hydrogens is 416 g/mol. The Balaban J connectivity index is 1.51. The maximum Gasteiger partial charge on any atom is 0.244 e. The minimum absolute atomic E-state index is 0.0364. The van der Waals surface area contributed by atoms with Crippen molar-refractivity contribution in [3.63, 3.8) is 0 Å². The van der Waals surface area contributed by atoms with E-state index in [4.69, 9.17) is 16.3 Å². The van der Waals surface area contributed by atoms with Crippen molar-refractivity contribution < 1.29 is 9.53 Å². The molecule has 4 aromatic rings. The molecule has 8 nitrogen and oxygen atoms in total. The molecule has 0 saturated carbocycles. The number of benzene rings is 2. The number of amides is 1. The third-order valence-electron chi connectivity index (χ3n) is 6.21. The average molecular weight is 436 g/mol. The van der Waals surface area contributed by atoms with Crippen molar-refractivity contribution >= 4 is 28.2 Å². The van der Waals surface area contributed by atoms with Crippen LogP contribution in [0.1, 0.15) is 17.7 Å². The molecule has 6 bridgehead atoms. The SMILES string of the molecule is [C-]#[N+]c1ccc2cc1Oc1ccc3cccc(c3n1)N1CC[C@H](NCc3cncn3C2)C1=O. The molecule has 2 aliphatic heterocycles. The highest BCUT2D eigenvalue weighted by molar-refractivity contribution is 6.05. The van der Waals surface area contributed by atoms with Crippen molar-refractivity contribution in [1.82, 2.24) is 19.9 Å². The lowest BCUT2D eigenvalue weighted by Gasteiger charge is -2.20. The quantitative estimate of drug-likeness (QED) is 0.421. The van der Waals surface area contributed by atoms with Gasteiger partial charge in [-0.15, -0.1) is 0 Å². The van der Waals surface area contributed by atoms with Gasteiger partial charge in [0.15, 0.2) is 0 Å². The van der Waals surface area contributed by atoms with Crippen LogP contribution in [0.3, 0.4) is 0 Å². The summed E-state index contributed by atoms with van der Waals surface area (Å²) in [4.78, 5) is 27.7. The van der Waals surface area contributed by atoms with Gasteiger partial charge in [0.05, 0.1) is 35.8 Å². The molecule has 33 heavy (non-hydrogen) atoms. The van der Waals surface area contributed by atoms with E-state index in [0.717, 1.165) is 22.3 Å². The fourth-order valence-corrected chi connectivity index (χ4v) is 4.50. The minimum Gasteiger partial charge on any atom is -0.450 e. The number of hydrogen-bond acceptors (Lipinski definition) is 5. The van der Waals surface area contributed by atoms with Gasteiger partial charge in [0.25, 0.3) is 0 Å². The van der Waals surface area contributed by atoms with Gasteiger partial charge < -0.3 is 19.5 Å². The predicted molar refractivity (Wildman–Crippen MR) is 123 cm³/mol. The van der Waals surface area contributed by atoms with Crippen LogP contribution in [0.2, 0.25) is 0 Å². The Morgan fingerprint density at radius 1 is 1.18 bits per heavy atom. The van der Waals surface area contributed by atoms with Gasteiger partial charge in [0.2, 0.25) is 17.5 Å². The number of para-hydroxylation sites is 1. The Morgan fingerprint density at radius 2 is 2.12 bits per heavy atom. The van der Waals surface area contributed by atoms with E-state index in [-0.39, 0.29) is 11.9 Å². The van der Waals surface area contributed by atoms with Crippen LogP contribution < -0.4 is 15.0 Å². The van der Waals surface area contributed by atoms with Crippen LogP contribution in [0, 0.1) is 6.57 Å². The van der Waals surface area contributed by atoms with Gasteiger partial charge in [-0.05, 0) is 30.2 Å². The molecule has 0 aliphatic carbocycles. The first-order valence-corrected chi connectivity index (χ1v) is 10.8. The average Bonchev–Trinajstić information content (AvgIpc) is 3.43. The van der Waals surface area contributed by atoms with E-state index in [1.807, 2.05) is 47.2 Å². The van der Waals surface area contributed by atoms with Crippen LogP contribution in [0.5, 0.6) is 11.6 Å². The van der Waals surface area contributed by atoms with Gasteiger partial charge in [-0.25, -0.2) is 14.8 Å². The van der Waals surface area contributed by atoms with Crippen LogP contribution in [0.25, 0.3) is 15.7 Å². The Labute approximate surface area is 190 Å². The van der Waals surface area contributed by atoms with Gasteiger partial charge in [-0.1, -0.05) is 24.3 Å². The van der Waals surface area contributed by atoms with Crippen LogP contribution in [-0.4, -0.2) is 33.0 Å². The molecule has 1 N–H and O–H groups in total. The summed E-state index contributed by atoms with van der Waals surface area (Å²) < 4.78 is 8.15. The van der Waals surface area contributed by atoms with E-state index < -0.39 is 0 Å². The monoisotopic (exact) mass is 436 g/mol. The molecule has 1 atom stereocenters. The molecule has 2 aliphatic rings. The van der Waals surface area contributed by atoms with E-state index >= 15 is 0 Å². The molecule has 0 radical (unpaired) electrons. The summed E-state index contributed by atoms with van der Waals surface area (Å²) in [7, 11) is 0. The van der Waals surface area contributed by atoms with Crippen molar-refractivity contribution in [2.24, 2.45) is 0 Å². The number of ether oxygens (including phenoxy) is 1. The molecule has 2 aromatic heterocycles. The van der Waals surface area contributed by atoms with E-state index in [9.17, 15) is 4.79 Å². The summed E-state index contributed by atoms with van der Waals surface area (Å²) in [6, 6.07) is 14.9. The molecular formula is C25H20N6O2. The highest BCUT2D eigenvalue weighted by Crippen LogP contribution is 2.35. The van der Waals surface area contributed by atoms with Crippen molar-refractivity contribution in [2.45, 2.75) is 25.6 Å². The van der Waals surface area contributed by atoms with Gasteiger partial charge in [0, 0.05) is 37.3 Å². The second kappa shape index (κ2) is 7.73. The summed E-state index contributed by atoms with van der Waals surface area (Å²) in [6.45, 7) is 9.27. The zero-order chi connectivity index (χ0) is 22.4. The number of carbonyl (C=O) groups is 1.